The summed E-state index contributed by atoms with van der Waals surface area (Å²) in [5.74, 6) is 0.967. The first kappa shape index (κ1) is 26.4. The highest BCUT2D eigenvalue weighted by Crippen LogP contribution is 2.36. The van der Waals surface area contributed by atoms with Gasteiger partial charge in [0.2, 0.25) is 0 Å². The van der Waals surface area contributed by atoms with E-state index in [0.29, 0.717) is 38.2 Å². The maximum Gasteiger partial charge on any atom is 0.317 e. The van der Waals surface area contributed by atoms with E-state index in [4.69, 9.17) is 0 Å². The van der Waals surface area contributed by atoms with Gasteiger partial charge in [-0.05, 0) is 49.2 Å². The van der Waals surface area contributed by atoms with Crippen LogP contribution in [0.3, 0.4) is 0 Å². The second-order valence-corrected chi connectivity index (χ2v) is 10.3. The van der Waals surface area contributed by atoms with Crippen LogP contribution in [0.4, 0.5) is 22.0 Å². The van der Waals surface area contributed by atoms with Crippen LogP contribution in [0, 0.1) is 6.92 Å². The molecule has 39 heavy (non-hydrogen) atoms. The van der Waals surface area contributed by atoms with Crippen LogP contribution in [0.5, 0.6) is 0 Å². The summed E-state index contributed by atoms with van der Waals surface area (Å²) < 4.78 is 1.78. The number of ketones is 1. The first-order valence-electron chi connectivity index (χ1n) is 13.3. The molecule has 2 aromatic carbocycles. The Balaban J connectivity index is 1.23. The minimum Gasteiger partial charge on any atom is -0.338 e. The Morgan fingerprint density at radius 1 is 1.05 bits per heavy atom. The van der Waals surface area contributed by atoms with Crippen LogP contribution < -0.4 is 15.5 Å². The van der Waals surface area contributed by atoms with E-state index in [0.717, 1.165) is 53.5 Å². The first-order valence-corrected chi connectivity index (χ1v) is 13.3. The van der Waals surface area contributed by atoms with E-state index in [1.807, 2.05) is 61.3 Å². The second-order valence-electron chi connectivity index (χ2n) is 10.3. The average molecular weight is 530 g/mol. The summed E-state index contributed by atoms with van der Waals surface area (Å²) in [5, 5.41) is 10.8. The quantitative estimate of drug-likeness (QED) is 0.507. The fourth-order valence-electron chi connectivity index (χ4n) is 5.09. The molecule has 3 heterocycles. The molecule has 2 N–H and O–H groups in total. The lowest BCUT2D eigenvalue weighted by Crippen LogP contribution is -2.51. The van der Waals surface area contributed by atoms with Gasteiger partial charge in [-0.15, -0.1) is 0 Å². The molecule has 3 aromatic rings. The Kier molecular flexibility index (Phi) is 7.65. The number of rotatable bonds is 6. The summed E-state index contributed by atoms with van der Waals surface area (Å²) in [6.45, 7) is 7.93. The molecule has 0 spiro atoms. The van der Waals surface area contributed by atoms with Crippen molar-refractivity contribution in [1.29, 1.82) is 0 Å². The molecular weight excluding hydrogens is 494 g/mol. The number of anilines is 3. The number of aryl methyl sites for hydroxylation is 2. The van der Waals surface area contributed by atoms with Gasteiger partial charge in [0.05, 0.1) is 24.1 Å². The van der Waals surface area contributed by atoms with E-state index in [2.05, 4.69) is 20.6 Å². The Labute approximate surface area is 228 Å². The normalized spacial score (nSPS) is 15.2. The molecule has 0 bridgehead atoms. The molecule has 3 amide bonds. The third kappa shape index (κ3) is 5.80. The largest absolute Gasteiger partial charge is 0.338 e. The monoisotopic (exact) mass is 529 g/mol. The van der Waals surface area contributed by atoms with Crippen molar-refractivity contribution in [3.05, 3.63) is 70.9 Å². The Hall–Kier alpha value is -4.18. The van der Waals surface area contributed by atoms with Gasteiger partial charge >= 0.3 is 6.03 Å². The lowest BCUT2D eigenvalue weighted by atomic mass is 10.0. The number of amides is 3. The number of piperazine rings is 1. The van der Waals surface area contributed by atoms with Crippen molar-refractivity contribution in [1.82, 2.24) is 24.9 Å². The number of para-hydroxylation sites is 2. The highest BCUT2D eigenvalue weighted by Gasteiger charge is 2.27. The number of carbonyl (C=O) groups is 3. The molecule has 0 aliphatic carbocycles. The smallest absolute Gasteiger partial charge is 0.317 e. The van der Waals surface area contributed by atoms with Crippen molar-refractivity contribution in [3.8, 4) is 0 Å². The van der Waals surface area contributed by atoms with E-state index in [-0.39, 0.29) is 17.7 Å². The van der Waals surface area contributed by atoms with E-state index < -0.39 is 0 Å². The summed E-state index contributed by atoms with van der Waals surface area (Å²) in [4.78, 5) is 43.5. The highest BCUT2D eigenvalue weighted by atomic mass is 16.2. The van der Waals surface area contributed by atoms with Crippen molar-refractivity contribution in [2.75, 3.05) is 42.9 Å². The molecule has 1 aromatic heterocycles. The van der Waals surface area contributed by atoms with Gasteiger partial charge in [0.1, 0.15) is 11.6 Å². The summed E-state index contributed by atoms with van der Waals surface area (Å²) in [6, 6.07) is 13.3. The van der Waals surface area contributed by atoms with Crippen LogP contribution in [0.15, 0.2) is 48.7 Å². The topological polar surface area (TPSA) is 103 Å². The van der Waals surface area contributed by atoms with Gasteiger partial charge in [0.25, 0.3) is 5.91 Å². The summed E-state index contributed by atoms with van der Waals surface area (Å²) >= 11 is 0. The van der Waals surface area contributed by atoms with E-state index in [9.17, 15) is 14.4 Å². The van der Waals surface area contributed by atoms with Crippen LogP contribution >= 0.6 is 0 Å². The number of urea groups is 1. The van der Waals surface area contributed by atoms with Gasteiger partial charge in [-0.2, -0.15) is 5.10 Å². The number of nitrogens with zero attached hydrogens (tertiary/aromatic N) is 5. The number of hydrogen-bond acceptors (Lipinski definition) is 6. The zero-order valence-corrected chi connectivity index (χ0v) is 22.7. The number of fused-ring (bicyclic) bond motifs is 2. The van der Waals surface area contributed by atoms with Gasteiger partial charge in [0, 0.05) is 63.9 Å². The summed E-state index contributed by atoms with van der Waals surface area (Å²) in [6.07, 6.45) is 2.34. The molecule has 10 nitrogen and oxygen atoms in total. The SMILES string of the molecule is CC(=O)CCN1CCN(C(=O)NCc2ccc(C(=O)N3Cc4cnn(C)c4Nc4ccccc43)cc2C)CC1. The number of benzene rings is 2. The van der Waals surface area contributed by atoms with Crippen molar-refractivity contribution >= 4 is 34.9 Å². The van der Waals surface area contributed by atoms with Crippen LogP contribution in [0.1, 0.15) is 40.4 Å². The zero-order chi connectivity index (χ0) is 27.5. The maximum absolute atomic E-state index is 13.8. The molecule has 0 atom stereocenters. The lowest BCUT2D eigenvalue weighted by molar-refractivity contribution is -0.117. The fourth-order valence-corrected chi connectivity index (χ4v) is 5.09. The third-order valence-electron chi connectivity index (χ3n) is 7.50. The van der Waals surface area contributed by atoms with Gasteiger partial charge in [-0.3, -0.25) is 19.2 Å². The molecule has 2 aliphatic rings. The second kappa shape index (κ2) is 11.3. The highest BCUT2D eigenvalue weighted by molar-refractivity contribution is 6.08. The number of aromatic nitrogens is 2. The molecule has 204 valence electrons. The molecule has 0 saturated carbocycles. The molecule has 2 aliphatic heterocycles. The maximum atomic E-state index is 13.8. The predicted octanol–water partition coefficient (Wildman–Crippen LogP) is 3.44. The van der Waals surface area contributed by atoms with Gasteiger partial charge in [0.15, 0.2) is 0 Å². The third-order valence-corrected chi connectivity index (χ3v) is 7.50. The van der Waals surface area contributed by atoms with Crippen molar-refractivity contribution in [2.45, 2.75) is 33.4 Å². The van der Waals surface area contributed by atoms with E-state index in [1.54, 1.807) is 22.7 Å². The number of nitrogens with one attached hydrogen (secondary N) is 2. The Morgan fingerprint density at radius 2 is 1.82 bits per heavy atom. The first-order chi connectivity index (χ1) is 18.8. The van der Waals surface area contributed by atoms with Crippen molar-refractivity contribution in [2.24, 2.45) is 7.05 Å². The standard InChI is InChI=1S/C29H35N7O3/c1-20-16-22(8-9-23(20)17-30-29(39)35-14-12-34(13-15-35)11-10-21(2)37)28(38)36-19-24-18-31-33(3)27(24)32-25-6-4-5-7-26(25)36/h4-9,16,18,32H,10-15,17,19H2,1-3H3,(H,30,39). The minimum absolute atomic E-state index is 0.0951. The van der Waals surface area contributed by atoms with Crippen LogP contribution in [-0.2, 0) is 24.9 Å². The summed E-state index contributed by atoms with van der Waals surface area (Å²) in [7, 11) is 1.88. The molecule has 1 fully saturated rings. The van der Waals surface area contributed by atoms with Crippen molar-refractivity contribution < 1.29 is 14.4 Å². The zero-order valence-electron chi connectivity index (χ0n) is 22.7. The van der Waals surface area contributed by atoms with E-state index >= 15 is 0 Å². The van der Waals surface area contributed by atoms with Crippen molar-refractivity contribution in [3.63, 3.8) is 0 Å². The molecule has 5 rings (SSSR count). The molecule has 0 radical (unpaired) electrons. The van der Waals surface area contributed by atoms with Gasteiger partial charge in [-0.25, -0.2) is 4.79 Å². The van der Waals surface area contributed by atoms with Crippen LogP contribution in [-0.4, -0.2) is 70.0 Å². The van der Waals surface area contributed by atoms with E-state index in [1.165, 1.54) is 0 Å². The van der Waals surface area contributed by atoms with Gasteiger partial charge < -0.3 is 20.4 Å². The summed E-state index contributed by atoms with van der Waals surface area (Å²) in [5.41, 5.74) is 5.10. The minimum atomic E-state index is -0.0956. The van der Waals surface area contributed by atoms with Crippen LogP contribution in [0.25, 0.3) is 0 Å². The van der Waals surface area contributed by atoms with Crippen LogP contribution in [0.2, 0.25) is 0 Å². The molecule has 10 heteroatoms. The molecule has 0 unspecified atom stereocenters. The Bertz CT molecular complexity index is 1390. The lowest BCUT2D eigenvalue weighted by Gasteiger charge is -2.34. The number of hydrogen-bond donors (Lipinski definition) is 2. The van der Waals surface area contributed by atoms with Gasteiger partial charge in [-0.1, -0.05) is 18.2 Å². The molecule has 1 saturated heterocycles. The fraction of sp³-hybridized carbons (Fsp3) is 0.379. The predicted molar refractivity (Wildman–Crippen MR) is 150 cm³/mol. The number of Topliss-reactive ketones (excluding diaryl/α,β-unsaturated/α-hetero) is 1. The average Bonchev–Trinajstić information content (AvgIpc) is 3.18. The molecular formula is C29H35N7O3. The number of carbonyl (C=O) groups excluding carboxylic acids is 3. The Morgan fingerprint density at radius 3 is 2.56 bits per heavy atom.